The number of pyridine rings is 2. The molecule has 0 saturated carbocycles. The summed E-state index contributed by atoms with van der Waals surface area (Å²) >= 11 is 0. The van der Waals surface area contributed by atoms with Crippen LogP contribution in [0.4, 0.5) is 11.6 Å². The van der Waals surface area contributed by atoms with Crippen LogP contribution in [0.3, 0.4) is 0 Å². The van der Waals surface area contributed by atoms with Gasteiger partial charge < -0.3 is 14.7 Å². The highest BCUT2D eigenvalue weighted by atomic mass is 16.4. The SMILES string of the molecule is Cc1ccnc(Nc2ccc(C)c(-c3cnc(-c4ccc5[nH]ccc5c4)o3)n2)c1. The zero-order chi connectivity index (χ0) is 19.8. The fourth-order valence-electron chi connectivity index (χ4n) is 3.29. The van der Waals surface area contributed by atoms with Crippen molar-refractivity contribution in [2.24, 2.45) is 0 Å². The molecule has 0 fully saturated rings. The van der Waals surface area contributed by atoms with Gasteiger partial charge in [-0.05, 0) is 67.4 Å². The van der Waals surface area contributed by atoms with E-state index in [1.54, 1.807) is 12.4 Å². The van der Waals surface area contributed by atoms with E-state index in [9.17, 15) is 0 Å². The molecule has 4 heterocycles. The summed E-state index contributed by atoms with van der Waals surface area (Å²) < 4.78 is 6.06. The highest BCUT2D eigenvalue weighted by molar-refractivity contribution is 5.83. The molecule has 6 nitrogen and oxygen atoms in total. The Hall–Kier alpha value is -3.93. The molecule has 2 N–H and O–H groups in total. The molecular weight excluding hydrogens is 362 g/mol. The van der Waals surface area contributed by atoms with E-state index in [4.69, 9.17) is 9.40 Å². The molecule has 0 saturated heterocycles. The molecule has 0 radical (unpaired) electrons. The van der Waals surface area contributed by atoms with Gasteiger partial charge in [0.15, 0.2) is 5.76 Å². The first-order chi connectivity index (χ1) is 14.2. The maximum Gasteiger partial charge on any atom is 0.226 e. The molecule has 0 aliphatic rings. The monoisotopic (exact) mass is 381 g/mol. The maximum atomic E-state index is 6.06. The first-order valence-electron chi connectivity index (χ1n) is 9.37. The average molecular weight is 381 g/mol. The molecule has 5 rings (SSSR count). The zero-order valence-corrected chi connectivity index (χ0v) is 16.1. The van der Waals surface area contributed by atoms with Gasteiger partial charge in [-0.1, -0.05) is 6.07 Å². The van der Waals surface area contributed by atoms with Crippen LogP contribution in [0.1, 0.15) is 11.1 Å². The highest BCUT2D eigenvalue weighted by Gasteiger charge is 2.13. The van der Waals surface area contributed by atoms with Crippen LogP contribution < -0.4 is 5.32 Å². The van der Waals surface area contributed by atoms with Crippen molar-refractivity contribution in [2.45, 2.75) is 13.8 Å². The van der Waals surface area contributed by atoms with Crippen molar-refractivity contribution in [3.63, 3.8) is 0 Å². The molecule has 6 heteroatoms. The second-order valence-corrected chi connectivity index (χ2v) is 7.01. The minimum absolute atomic E-state index is 0.572. The molecular formula is C23H19N5O. The van der Waals surface area contributed by atoms with E-state index in [-0.39, 0.29) is 0 Å². The van der Waals surface area contributed by atoms with Crippen molar-refractivity contribution < 1.29 is 4.42 Å². The number of nitrogens with one attached hydrogen (secondary N) is 2. The van der Waals surface area contributed by atoms with Gasteiger partial charge in [-0.25, -0.2) is 15.0 Å². The summed E-state index contributed by atoms with van der Waals surface area (Å²) in [6, 6.07) is 16.0. The Balaban J connectivity index is 1.47. The summed E-state index contributed by atoms with van der Waals surface area (Å²) in [4.78, 5) is 16.7. The fourth-order valence-corrected chi connectivity index (χ4v) is 3.29. The third kappa shape index (κ3) is 3.36. The molecule has 0 bridgehead atoms. The van der Waals surface area contributed by atoms with E-state index in [1.165, 1.54) is 0 Å². The number of anilines is 2. The van der Waals surface area contributed by atoms with E-state index in [1.807, 2.05) is 62.5 Å². The smallest absolute Gasteiger partial charge is 0.226 e. The first-order valence-corrected chi connectivity index (χ1v) is 9.37. The highest BCUT2D eigenvalue weighted by Crippen LogP contribution is 2.29. The Kier molecular flexibility index (Phi) is 4.09. The number of benzene rings is 1. The number of H-pyrrole nitrogens is 1. The first kappa shape index (κ1) is 17.2. The number of hydrogen-bond donors (Lipinski definition) is 2. The van der Waals surface area contributed by atoms with Crippen LogP contribution in [0.5, 0.6) is 0 Å². The van der Waals surface area contributed by atoms with E-state index >= 15 is 0 Å². The van der Waals surface area contributed by atoms with Crippen molar-refractivity contribution in [3.05, 3.63) is 78.2 Å². The number of fused-ring (bicyclic) bond motifs is 1. The molecule has 5 aromatic rings. The lowest BCUT2D eigenvalue weighted by Gasteiger charge is -2.08. The zero-order valence-electron chi connectivity index (χ0n) is 16.1. The topological polar surface area (TPSA) is 79.6 Å². The summed E-state index contributed by atoms with van der Waals surface area (Å²) in [5, 5.41) is 4.37. The second-order valence-electron chi connectivity index (χ2n) is 7.01. The van der Waals surface area contributed by atoms with Gasteiger partial charge in [0.05, 0.1) is 6.20 Å². The van der Waals surface area contributed by atoms with E-state index in [2.05, 4.69) is 26.3 Å². The quantitative estimate of drug-likeness (QED) is 0.421. The van der Waals surface area contributed by atoms with Crippen LogP contribution in [-0.2, 0) is 0 Å². The Morgan fingerprint density at radius 2 is 1.86 bits per heavy atom. The molecule has 4 aromatic heterocycles. The normalized spacial score (nSPS) is 11.1. The predicted octanol–water partition coefficient (Wildman–Crippen LogP) is 5.64. The van der Waals surface area contributed by atoms with Crippen LogP contribution in [0.25, 0.3) is 33.8 Å². The van der Waals surface area contributed by atoms with Crippen LogP contribution >= 0.6 is 0 Å². The Labute approximate surface area is 167 Å². The van der Waals surface area contributed by atoms with Gasteiger partial charge in [-0.3, -0.25) is 0 Å². The fraction of sp³-hybridized carbons (Fsp3) is 0.0870. The van der Waals surface area contributed by atoms with Crippen LogP contribution in [0, 0.1) is 13.8 Å². The van der Waals surface area contributed by atoms with Crippen LogP contribution in [0.15, 0.2) is 71.5 Å². The number of aromatic nitrogens is 4. The van der Waals surface area contributed by atoms with Gasteiger partial charge in [0.2, 0.25) is 5.89 Å². The van der Waals surface area contributed by atoms with Gasteiger partial charge in [0, 0.05) is 28.9 Å². The third-order valence-electron chi connectivity index (χ3n) is 4.81. The number of nitrogens with zero attached hydrogens (tertiary/aromatic N) is 3. The molecule has 1 aromatic carbocycles. The molecule has 0 spiro atoms. The summed E-state index contributed by atoms with van der Waals surface area (Å²) in [6.07, 6.45) is 5.42. The number of aromatic amines is 1. The van der Waals surface area contributed by atoms with Gasteiger partial charge in [0.25, 0.3) is 0 Å². The van der Waals surface area contributed by atoms with Crippen LogP contribution in [0.2, 0.25) is 0 Å². The van der Waals surface area contributed by atoms with Crippen molar-refractivity contribution in [1.29, 1.82) is 0 Å². The Morgan fingerprint density at radius 1 is 0.931 bits per heavy atom. The van der Waals surface area contributed by atoms with Gasteiger partial charge in [-0.2, -0.15) is 0 Å². The average Bonchev–Trinajstić information content (AvgIpc) is 3.38. The van der Waals surface area contributed by atoms with Crippen LogP contribution in [-0.4, -0.2) is 19.9 Å². The second kappa shape index (κ2) is 6.91. The summed E-state index contributed by atoms with van der Waals surface area (Å²) in [6.45, 7) is 4.03. The minimum Gasteiger partial charge on any atom is -0.434 e. The number of hydrogen-bond acceptors (Lipinski definition) is 5. The van der Waals surface area contributed by atoms with E-state index in [0.717, 1.165) is 39.1 Å². The molecule has 0 unspecified atom stereocenters. The van der Waals surface area contributed by atoms with Crippen molar-refractivity contribution >= 4 is 22.5 Å². The standard InChI is InChI=1S/C23H19N5O/c1-14-7-9-25-21(11-14)27-20-6-3-15(2)22(28-20)19-13-26-23(29-19)17-4-5-18-16(12-17)8-10-24-18/h3-13,24H,1-2H3,(H,25,27,28). The molecule has 0 aliphatic heterocycles. The Bertz CT molecular complexity index is 1320. The molecule has 0 atom stereocenters. The minimum atomic E-state index is 0.572. The van der Waals surface area contributed by atoms with Gasteiger partial charge >= 0.3 is 0 Å². The molecule has 0 amide bonds. The largest absolute Gasteiger partial charge is 0.434 e. The lowest BCUT2D eigenvalue weighted by molar-refractivity contribution is 0.586. The maximum absolute atomic E-state index is 6.06. The predicted molar refractivity (Wildman–Crippen MR) is 114 cm³/mol. The molecule has 0 aliphatic carbocycles. The summed E-state index contributed by atoms with van der Waals surface area (Å²) in [7, 11) is 0. The lowest BCUT2D eigenvalue weighted by Crippen LogP contribution is -1.98. The van der Waals surface area contributed by atoms with Gasteiger partial charge in [-0.15, -0.1) is 0 Å². The Morgan fingerprint density at radius 3 is 2.76 bits per heavy atom. The molecule has 29 heavy (non-hydrogen) atoms. The van der Waals surface area contributed by atoms with Crippen molar-refractivity contribution in [2.75, 3.05) is 5.32 Å². The lowest BCUT2D eigenvalue weighted by atomic mass is 10.1. The van der Waals surface area contributed by atoms with Crippen molar-refractivity contribution in [3.8, 4) is 22.9 Å². The third-order valence-corrected chi connectivity index (χ3v) is 4.81. The number of oxazole rings is 1. The number of aryl methyl sites for hydroxylation is 2. The molecule has 142 valence electrons. The van der Waals surface area contributed by atoms with E-state index < -0.39 is 0 Å². The van der Waals surface area contributed by atoms with Gasteiger partial charge in [0.1, 0.15) is 17.3 Å². The summed E-state index contributed by atoms with van der Waals surface area (Å²) in [5.74, 6) is 2.66. The van der Waals surface area contributed by atoms with E-state index in [0.29, 0.717) is 17.5 Å². The number of rotatable bonds is 4. The summed E-state index contributed by atoms with van der Waals surface area (Å²) in [5.41, 5.74) is 4.91. The van der Waals surface area contributed by atoms with Crippen molar-refractivity contribution in [1.82, 2.24) is 19.9 Å².